The van der Waals surface area contributed by atoms with Gasteiger partial charge in [-0.2, -0.15) is 0 Å². The van der Waals surface area contributed by atoms with Crippen molar-refractivity contribution in [3.63, 3.8) is 0 Å². The zero-order chi connectivity index (χ0) is 7.68. The Bertz CT molecular complexity index is 253. The van der Waals surface area contributed by atoms with E-state index in [-0.39, 0.29) is 0 Å². The van der Waals surface area contributed by atoms with E-state index in [2.05, 4.69) is 24.3 Å². The monoisotopic (exact) mass is 162 g/mol. The van der Waals surface area contributed by atoms with Gasteiger partial charge in [0.2, 0.25) is 0 Å². The molecule has 0 unspecified atom stereocenters. The summed E-state index contributed by atoms with van der Waals surface area (Å²) in [5, 5.41) is 1.90. The summed E-state index contributed by atoms with van der Waals surface area (Å²) in [7, 11) is 0. The van der Waals surface area contributed by atoms with Crippen molar-refractivity contribution >= 4 is 17.6 Å². The van der Waals surface area contributed by atoms with Crippen LogP contribution in [0.3, 0.4) is 0 Å². The molecule has 0 bridgehead atoms. The Balaban J connectivity index is 2.33. The number of benzene rings is 1. The van der Waals surface area contributed by atoms with Crippen LogP contribution in [-0.4, -0.2) is 5.37 Å². The molecule has 0 saturated heterocycles. The molecule has 1 aliphatic carbocycles. The van der Waals surface area contributed by atoms with Crippen LogP contribution in [0.2, 0.25) is 0 Å². The van der Waals surface area contributed by atoms with Crippen LogP contribution >= 0.6 is 12.2 Å². The maximum absolute atomic E-state index is 4.93. The Morgan fingerprint density at radius 1 is 1.18 bits per heavy atom. The molecule has 0 heterocycles. The molecule has 0 N–H and O–H groups in total. The second-order valence-electron chi connectivity index (χ2n) is 3.07. The summed E-state index contributed by atoms with van der Waals surface area (Å²) < 4.78 is 0. The first-order chi connectivity index (χ1) is 5.40. The standard InChI is InChI=1S/C10H10S/c11-7-8-5-9-3-1-2-4-10(9)6-8/h1-4,7-8H,5-6H2. The van der Waals surface area contributed by atoms with E-state index in [1.807, 2.05) is 5.37 Å². The van der Waals surface area contributed by atoms with Gasteiger partial charge in [0.05, 0.1) is 0 Å². The fourth-order valence-corrected chi connectivity index (χ4v) is 1.88. The fourth-order valence-electron chi connectivity index (χ4n) is 1.69. The molecule has 0 fully saturated rings. The van der Waals surface area contributed by atoms with Gasteiger partial charge in [0, 0.05) is 0 Å². The third-order valence-electron chi connectivity index (χ3n) is 2.28. The molecule has 0 spiro atoms. The van der Waals surface area contributed by atoms with E-state index in [9.17, 15) is 0 Å². The summed E-state index contributed by atoms with van der Waals surface area (Å²) in [6.45, 7) is 0. The van der Waals surface area contributed by atoms with Crippen molar-refractivity contribution < 1.29 is 0 Å². The van der Waals surface area contributed by atoms with Crippen LogP contribution in [0.15, 0.2) is 24.3 Å². The molecule has 1 aliphatic rings. The molecule has 11 heavy (non-hydrogen) atoms. The molecule has 0 aliphatic heterocycles. The molecule has 56 valence electrons. The van der Waals surface area contributed by atoms with E-state index >= 15 is 0 Å². The van der Waals surface area contributed by atoms with Crippen molar-refractivity contribution in [3.8, 4) is 0 Å². The minimum atomic E-state index is 0.613. The van der Waals surface area contributed by atoms with Gasteiger partial charge < -0.3 is 0 Å². The first kappa shape index (κ1) is 6.99. The third-order valence-corrected chi connectivity index (χ3v) is 2.66. The van der Waals surface area contributed by atoms with Gasteiger partial charge in [-0.1, -0.05) is 36.5 Å². The summed E-state index contributed by atoms with van der Waals surface area (Å²) in [5.74, 6) is 0.613. The Morgan fingerprint density at radius 3 is 2.18 bits per heavy atom. The largest absolute Gasteiger partial charge is 0.0932 e. The summed E-state index contributed by atoms with van der Waals surface area (Å²) in [6, 6.07) is 8.61. The summed E-state index contributed by atoms with van der Waals surface area (Å²) in [6.07, 6.45) is 2.30. The Kier molecular flexibility index (Phi) is 1.74. The summed E-state index contributed by atoms with van der Waals surface area (Å²) in [4.78, 5) is 0. The highest BCUT2D eigenvalue weighted by molar-refractivity contribution is 7.79. The lowest BCUT2D eigenvalue weighted by Gasteiger charge is -1.95. The van der Waals surface area contributed by atoms with E-state index < -0.39 is 0 Å². The topological polar surface area (TPSA) is 0 Å². The number of thiocarbonyl (C=S) groups is 1. The molecule has 0 radical (unpaired) electrons. The lowest BCUT2D eigenvalue weighted by atomic mass is 10.1. The summed E-state index contributed by atoms with van der Waals surface area (Å²) >= 11 is 4.93. The SMILES string of the molecule is S=CC1Cc2ccccc2C1. The Hall–Kier alpha value is -0.690. The van der Waals surface area contributed by atoms with Crippen molar-refractivity contribution in [3.05, 3.63) is 35.4 Å². The lowest BCUT2D eigenvalue weighted by molar-refractivity contribution is 0.774. The van der Waals surface area contributed by atoms with Crippen LogP contribution in [-0.2, 0) is 12.8 Å². The first-order valence-corrected chi connectivity index (χ1v) is 4.39. The van der Waals surface area contributed by atoms with Crippen LogP contribution in [0.25, 0.3) is 0 Å². The highest BCUT2D eigenvalue weighted by atomic mass is 32.1. The molecule has 1 aromatic carbocycles. The van der Waals surface area contributed by atoms with Crippen LogP contribution in [0.4, 0.5) is 0 Å². The van der Waals surface area contributed by atoms with Gasteiger partial charge in [-0.3, -0.25) is 0 Å². The molecule has 1 heteroatoms. The van der Waals surface area contributed by atoms with E-state index in [0.717, 1.165) is 12.8 Å². The molecule has 0 aromatic heterocycles. The van der Waals surface area contributed by atoms with Gasteiger partial charge in [-0.15, -0.1) is 0 Å². The third kappa shape index (κ3) is 1.21. The van der Waals surface area contributed by atoms with Gasteiger partial charge in [-0.05, 0) is 35.3 Å². The van der Waals surface area contributed by atoms with Gasteiger partial charge in [0.25, 0.3) is 0 Å². The van der Waals surface area contributed by atoms with Crippen LogP contribution in [0.1, 0.15) is 11.1 Å². The van der Waals surface area contributed by atoms with Crippen molar-refractivity contribution in [1.82, 2.24) is 0 Å². The predicted molar refractivity (Wildman–Crippen MR) is 51.0 cm³/mol. The summed E-state index contributed by atoms with van der Waals surface area (Å²) in [5.41, 5.74) is 2.97. The van der Waals surface area contributed by atoms with Crippen molar-refractivity contribution in [2.75, 3.05) is 0 Å². The van der Waals surface area contributed by atoms with Gasteiger partial charge in [0.15, 0.2) is 0 Å². The van der Waals surface area contributed by atoms with E-state index in [4.69, 9.17) is 12.2 Å². The van der Waals surface area contributed by atoms with Crippen LogP contribution in [0.5, 0.6) is 0 Å². The molecular weight excluding hydrogens is 152 g/mol. The molecule has 0 saturated carbocycles. The van der Waals surface area contributed by atoms with Crippen molar-refractivity contribution in [1.29, 1.82) is 0 Å². The Labute approximate surface area is 72.2 Å². The number of rotatable bonds is 1. The van der Waals surface area contributed by atoms with Crippen LogP contribution in [0, 0.1) is 5.92 Å². The number of hydrogen-bond donors (Lipinski definition) is 0. The average Bonchev–Trinajstić information content (AvgIpc) is 2.46. The van der Waals surface area contributed by atoms with Crippen LogP contribution < -0.4 is 0 Å². The second kappa shape index (κ2) is 2.74. The number of fused-ring (bicyclic) bond motifs is 1. The highest BCUT2D eigenvalue weighted by Crippen LogP contribution is 2.24. The van der Waals surface area contributed by atoms with Gasteiger partial charge in [0.1, 0.15) is 0 Å². The molecule has 0 atom stereocenters. The smallest absolute Gasteiger partial charge is 0.00474 e. The Morgan fingerprint density at radius 2 is 1.73 bits per heavy atom. The first-order valence-electron chi connectivity index (χ1n) is 3.92. The molecule has 2 rings (SSSR count). The molecule has 0 nitrogen and oxygen atoms in total. The van der Waals surface area contributed by atoms with Gasteiger partial charge >= 0.3 is 0 Å². The molecule has 1 aromatic rings. The quantitative estimate of drug-likeness (QED) is 0.571. The minimum absolute atomic E-state index is 0.613. The zero-order valence-corrected chi connectivity index (χ0v) is 7.10. The molecular formula is C10H10S. The zero-order valence-electron chi connectivity index (χ0n) is 6.29. The fraction of sp³-hybridized carbons (Fsp3) is 0.300. The van der Waals surface area contributed by atoms with E-state index in [1.54, 1.807) is 0 Å². The van der Waals surface area contributed by atoms with Crippen molar-refractivity contribution in [2.45, 2.75) is 12.8 Å². The second-order valence-corrected chi connectivity index (χ2v) is 3.35. The highest BCUT2D eigenvalue weighted by Gasteiger charge is 2.17. The van der Waals surface area contributed by atoms with Gasteiger partial charge in [-0.25, -0.2) is 0 Å². The predicted octanol–water partition coefficient (Wildman–Crippen LogP) is 2.40. The average molecular weight is 162 g/mol. The normalized spacial score (nSPS) is 16.4. The van der Waals surface area contributed by atoms with E-state index in [0.29, 0.717) is 5.92 Å². The maximum Gasteiger partial charge on any atom is -0.00474 e. The van der Waals surface area contributed by atoms with Crippen molar-refractivity contribution in [2.24, 2.45) is 5.92 Å². The number of hydrogen-bond acceptors (Lipinski definition) is 1. The van der Waals surface area contributed by atoms with E-state index in [1.165, 1.54) is 11.1 Å². The maximum atomic E-state index is 4.93. The lowest BCUT2D eigenvalue weighted by Crippen LogP contribution is -1.97. The molecule has 0 amide bonds. The minimum Gasteiger partial charge on any atom is -0.0932 e.